The van der Waals surface area contributed by atoms with E-state index in [4.69, 9.17) is 10.5 Å². The molecule has 1 aromatic carbocycles. The molecule has 2 atom stereocenters. The summed E-state index contributed by atoms with van der Waals surface area (Å²) >= 11 is 0. The molecule has 0 unspecified atom stereocenters. The van der Waals surface area contributed by atoms with Crippen molar-refractivity contribution >= 4 is 0 Å². The van der Waals surface area contributed by atoms with E-state index in [9.17, 15) is 5.11 Å². The van der Waals surface area contributed by atoms with Crippen molar-refractivity contribution in [3.05, 3.63) is 28.8 Å². The van der Waals surface area contributed by atoms with Crippen LogP contribution in [0.25, 0.3) is 0 Å². The Kier molecular flexibility index (Phi) is 2.37. The molecule has 3 N–H and O–H groups in total. The Morgan fingerprint density at radius 1 is 1.25 bits per heavy atom. The minimum absolute atomic E-state index is 0.295. The van der Waals surface area contributed by atoms with Crippen molar-refractivity contribution in [3.8, 4) is 5.75 Å². The van der Waals surface area contributed by atoms with Crippen molar-refractivity contribution in [2.45, 2.75) is 37.8 Å². The van der Waals surface area contributed by atoms with Crippen molar-refractivity contribution < 1.29 is 9.84 Å². The fraction of sp³-hybridized carbons (Fsp3) is 0.538. The van der Waals surface area contributed by atoms with Gasteiger partial charge in [-0.25, -0.2) is 0 Å². The van der Waals surface area contributed by atoms with Gasteiger partial charge in [-0.3, -0.25) is 0 Å². The molecule has 1 aliphatic carbocycles. The molecule has 2 aliphatic rings. The lowest BCUT2D eigenvalue weighted by molar-refractivity contribution is 0.0670. The molecule has 3 nitrogen and oxygen atoms in total. The van der Waals surface area contributed by atoms with Crippen LogP contribution in [0, 0.1) is 0 Å². The van der Waals surface area contributed by atoms with E-state index in [2.05, 4.69) is 6.07 Å². The number of hydrogen-bond acceptors (Lipinski definition) is 3. The first kappa shape index (κ1) is 10.1. The van der Waals surface area contributed by atoms with Gasteiger partial charge in [0, 0.05) is 5.56 Å². The highest BCUT2D eigenvalue weighted by molar-refractivity contribution is 5.50. The second kappa shape index (κ2) is 3.75. The summed E-state index contributed by atoms with van der Waals surface area (Å²) in [4.78, 5) is 0. The minimum atomic E-state index is -0.575. The highest BCUT2D eigenvalue weighted by atomic mass is 16.5. The third-order valence-corrected chi connectivity index (χ3v) is 3.68. The highest BCUT2D eigenvalue weighted by Crippen LogP contribution is 2.38. The SMILES string of the molecule is N[C@@H]1c2ccc3c(c2OC[C@@H]1O)CCCC3. The highest BCUT2D eigenvalue weighted by Gasteiger charge is 2.29. The molecule has 0 amide bonds. The second-order valence-electron chi connectivity index (χ2n) is 4.73. The molecular weight excluding hydrogens is 202 g/mol. The number of aliphatic hydroxyl groups excluding tert-OH is 1. The van der Waals surface area contributed by atoms with Crippen LogP contribution in [0.1, 0.15) is 35.6 Å². The van der Waals surface area contributed by atoms with Gasteiger partial charge in [0.05, 0.1) is 6.04 Å². The standard InChI is InChI=1S/C13H17NO2/c14-12-10-6-5-8-3-1-2-4-9(8)13(10)16-7-11(12)15/h5-6,11-12,15H,1-4,7,14H2/t11-,12+/m0/s1. The monoisotopic (exact) mass is 219 g/mol. The zero-order valence-electron chi connectivity index (χ0n) is 9.28. The Hall–Kier alpha value is -1.06. The van der Waals surface area contributed by atoms with Crippen molar-refractivity contribution in [1.82, 2.24) is 0 Å². The normalized spacial score (nSPS) is 27.9. The second-order valence-corrected chi connectivity index (χ2v) is 4.73. The molecular formula is C13H17NO2. The van der Waals surface area contributed by atoms with E-state index in [1.54, 1.807) is 0 Å². The summed E-state index contributed by atoms with van der Waals surface area (Å²) in [6.45, 7) is 0.324. The van der Waals surface area contributed by atoms with Crippen LogP contribution in [0.4, 0.5) is 0 Å². The Morgan fingerprint density at radius 2 is 2.06 bits per heavy atom. The van der Waals surface area contributed by atoms with E-state index in [1.165, 1.54) is 24.0 Å². The lowest BCUT2D eigenvalue weighted by Gasteiger charge is -2.31. The van der Waals surface area contributed by atoms with Gasteiger partial charge in [-0.15, -0.1) is 0 Å². The summed E-state index contributed by atoms with van der Waals surface area (Å²) in [5, 5.41) is 9.68. The lowest BCUT2D eigenvalue weighted by atomic mass is 9.86. The van der Waals surface area contributed by atoms with Gasteiger partial charge < -0.3 is 15.6 Å². The van der Waals surface area contributed by atoms with Crippen LogP contribution in [0.2, 0.25) is 0 Å². The van der Waals surface area contributed by atoms with Gasteiger partial charge in [0.2, 0.25) is 0 Å². The quantitative estimate of drug-likeness (QED) is 0.692. The largest absolute Gasteiger partial charge is 0.490 e. The van der Waals surface area contributed by atoms with Crippen molar-refractivity contribution in [3.63, 3.8) is 0 Å². The van der Waals surface area contributed by atoms with Crippen LogP contribution >= 0.6 is 0 Å². The maximum absolute atomic E-state index is 9.68. The number of aliphatic hydroxyl groups is 1. The maximum Gasteiger partial charge on any atom is 0.127 e. The first-order valence-corrected chi connectivity index (χ1v) is 5.98. The van der Waals surface area contributed by atoms with Crippen LogP contribution in [0.15, 0.2) is 12.1 Å². The summed E-state index contributed by atoms with van der Waals surface area (Å²) in [5.41, 5.74) is 9.69. The molecule has 16 heavy (non-hydrogen) atoms. The summed E-state index contributed by atoms with van der Waals surface area (Å²) in [7, 11) is 0. The Labute approximate surface area is 95.2 Å². The molecule has 0 bridgehead atoms. The zero-order chi connectivity index (χ0) is 11.1. The summed E-state index contributed by atoms with van der Waals surface area (Å²) < 4.78 is 5.67. The predicted octanol–water partition coefficient (Wildman–Crippen LogP) is 1.32. The lowest BCUT2D eigenvalue weighted by Crippen LogP contribution is -2.36. The molecule has 3 rings (SSSR count). The van der Waals surface area contributed by atoms with Gasteiger partial charge in [-0.1, -0.05) is 12.1 Å². The van der Waals surface area contributed by atoms with Gasteiger partial charge in [-0.05, 0) is 36.8 Å². The number of fused-ring (bicyclic) bond motifs is 3. The molecule has 0 saturated carbocycles. The van der Waals surface area contributed by atoms with E-state index in [0.717, 1.165) is 24.2 Å². The number of aryl methyl sites for hydroxylation is 1. The van der Waals surface area contributed by atoms with Crippen LogP contribution in [0.5, 0.6) is 5.75 Å². The van der Waals surface area contributed by atoms with E-state index in [1.807, 2.05) is 6.07 Å². The number of hydrogen-bond donors (Lipinski definition) is 2. The minimum Gasteiger partial charge on any atom is -0.490 e. The molecule has 1 aliphatic heterocycles. The topological polar surface area (TPSA) is 55.5 Å². The summed E-state index contributed by atoms with van der Waals surface area (Å²) in [5.74, 6) is 0.954. The Bertz CT molecular complexity index is 417. The average Bonchev–Trinajstić information content (AvgIpc) is 2.33. The van der Waals surface area contributed by atoms with Crippen LogP contribution in [0.3, 0.4) is 0 Å². The first-order valence-electron chi connectivity index (χ1n) is 5.98. The molecule has 0 radical (unpaired) electrons. The van der Waals surface area contributed by atoms with Gasteiger partial charge in [-0.2, -0.15) is 0 Å². The fourth-order valence-electron chi connectivity index (χ4n) is 2.72. The van der Waals surface area contributed by atoms with Crippen LogP contribution < -0.4 is 10.5 Å². The third kappa shape index (κ3) is 1.43. The van der Waals surface area contributed by atoms with E-state index in [-0.39, 0.29) is 6.04 Å². The molecule has 1 aromatic rings. The van der Waals surface area contributed by atoms with E-state index >= 15 is 0 Å². The van der Waals surface area contributed by atoms with Crippen molar-refractivity contribution in [1.29, 1.82) is 0 Å². The van der Waals surface area contributed by atoms with Crippen LogP contribution in [-0.2, 0) is 12.8 Å². The predicted molar refractivity (Wildman–Crippen MR) is 61.5 cm³/mol. The van der Waals surface area contributed by atoms with Crippen molar-refractivity contribution in [2.24, 2.45) is 5.73 Å². The zero-order valence-corrected chi connectivity index (χ0v) is 9.28. The summed E-state index contributed by atoms with van der Waals surface area (Å²) in [6, 6.07) is 3.87. The third-order valence-electron chi connectivity index (χ3n) is 3.68. The smallest absolute Gasteiger partial charge is 0.127 e. The van der Waals surface area contributed by atoms with Gasteiger partial charge >= 0.3 is 0 Å². The molecule has 3 heteroatoms. The molecule has 0 aromatic heterocycles. The van der Waals surface area contributed by atoms with E-state index in [0.29, 0.717) is 6.61 Å². The van der Waals surface area contributed by atoms with Gasteiger partial charge in [0.1, 0.15) is 18.5 Å². The van der Waals surface area contributed by atoms with E-state index < -0.39 is 6.10 Å². The van der Waals surface area contributed by atoms with Crippen LogP contribution in [-0.4, -0.2) is 17.8 Å². The average molecular weight is 219 g/mol. The molecule has 0 spiro atoms. The van der Waals surface area contributed by atoms with Gasteiger partial charge in [0.25, 0.3) is 0 Å². The Morgan fingerprint density at radius 3 is 2.94 bits per heavy atom. The number of rotatable bonds is 0. The number of ether oxygens (including phenoxy) is 1. The Balaban J connectivity index is 2.10. The number of benzene rings is 1. The first-order chi connectivity index (χ1) is 7.77. The number of nitrogens with two attached hydrogens (primary N) is 1. The maximum atomic E-state index is 9.68. The molecule has 0 fully saturated rings. The summed E-state index contributed by atoms with van der Waals surface area (Å²) in [6.07, 6.45) is 4.14. The van der Waals surface area contributed by atoms with Gasteiger partial charge in [0.15, 0.2) is 0 Å². The fourth-order valence-corrected chi connectivity index (χ4v) is 2.72. The molecule has 0 saturated heterocycles. The molecule has 86 valence electrons. The molecule has 1 heterocycles. The van der Waals surface area contributed by atoms with Crippen molar-refractivity contribution in [2.75, 3.05) is 6.61 Å².